The molecule has 0 aliphatic rings. The van der Waals surface area contributed by atoms with Crippen molar-refractivity contribution >= 4 is 11.7 Å². The van der Waals surface area contributed by atoms with Crippen LogP contribution in [0.5, 0.6) is 0 Å². The van der Waals surface area contributed by atoms with E-state index < -0.39 is 18.1 Å². The van der Waals surface area contributed by atoms with Gasteiger partial charge in [0.2, 0.25) is 0 Å². The zero-order valence-corrected chi connectivity index (χ0v) is 11.3. The van der Waals surface area contributed by atoms with Crippen molar-refractivity contribution in [2.75, 3.05) is 5.32 Å². The number of aliphatic carboxylic acids is 1. The number of carboxylic acids is 1. The molecule has 4 nitrogen and oxygen atoms in total. The molecule has 0 amide bonds. The summed E-state index contributed by atoms with van der Waals surface area (Å²) in [5.74, 6) is -0.921. The summed E-state index contributed by atoms with van der Waals surface area (Å²) < 4.78 is 5.69. The van der Waals surface area contributed by atoms with Gasteiger partial charge >= 0.3 is 5.97 Å². The summed E-state index contributed by atoms with van der Waals surface area (Å²) in [7, 11) is 0. The van der Waals surface area contributed by atoms with Gasteiger partial charge in [-0.25, -0.2) is 4.79 Å². The van der Waals surface area contributed by atoms with Gasteiger partial charge in [-0.3, -0.25) is 0 Å². The lowest BCUT2D eigenvalue weighted by atomic mass is 10.1. The van der Waals surface area contributed by atoms with Gasteiger partial charge in [-0.1, -0.05) is 18.2 Å². The molecule has 0 heterocycles. The van der Waals surface area contributed by atoms with Crippen molar-refractivity contribution in [1.82, 2.24) is 0 Å². The fourth-order valence-corrected chi connectivity index (χ4v) is 1.72. The van der Waals surface area contributed by atoms with Crippen LogP contribution in [0, 0.1) is 0 Å². The summed E-state index contributed by atoms with van der Waals surface area (Å²) in [4.78, 5) is 11.3. The normalized spacial score (nSPS) is 14.9. The van der Waals surface area contributed by atoms with Crippen LogP contribution >= 0.6 is 0 Å². The summed E-state index contributed by atoms with van der Waals surface area (Å²) in [6.07, 6.45) is -0.428. The molecule has 0 fully saturated rings. The lowest BCUT2D eigenvalue weighted by molar-refractivity contribution is -0.144. The minimum Gasteiger partial charge on any atom is -0.480 e. The van der Waals surface area contributed by atoms with E-state index in [-0.39, 0.29) is 5.60 Å². The smallest absolute Gasteiger partial charge is 0.328 e. The third-order valence-electron chi connectivity index (χ3n) is 2.37. The first kappa shape index (κ1) is 14.5. The molecule has 0 spiro atoms. The van der Waals surface area contributed by atoms with E-state index in [0.29, 0.717) is 0 Å². The number of benzene rings is 1. The average molecular weight is 251 g/mol. The van der Waals surface area contributed by atoms with Crippen LogP contribution in [-0.4, -0.2) is 28.8 Å². The molecule has 2 N–H and O–H groups in total. The highest BCUT2D eigenvalue weighted by Gasteiger charge is 2.28. The molecule has 0 saturated carbocycles. The van der Waals surface area contributed by atoms with Crippen LogP contribution in [0.25, 0.3) is 0 Å². The van der Waals surface area contributed by atoms with E-state index in [2.05, 4.69) is 5.32 Å². The Morgan fingerprint density at radius 1 is 1.28 bits per heavy atom. The molecule has 1 aromatic carbocycles. The second-order valence-corrected chi connectivity index (χ2v) is 5.26. The first-order valence-electron chi connectivity index (χ1n) is 6.02. The van der Waals surface area contributed by atoms with Gasteiger partial charge < -0.3 is 15.2 Å². The zero-order valence-electron chi connectivity index (χ0n) is 11.3. The Balaban J connectivity index is 2.74. The van der Waals surface area contributed by atoms with Crippen LogP contribution in [0.1, 0.15) is 27.7 Å². The van der Waals surface area contributed by atoms with E-state index in [1.165, 1.54) is 0 Å². The SMILES string of the molecule is CC(OC(C)(C)C)[C@H](Nc1ccccc1)C(=O)O. The van der Waals surface area contributed by atoms with Crippen LogP contribution in [0.15, 0.2) is 30.3 Å². The molecule has 0 aromatic heterocycles. The number of carboxylic acid groups (broad SMARTS) is 1. The maximum absolute atomic E-state index is 11.3. The van der Waals surface area contributed by atoms with Crippen molar-refractivity contribution in [3.05, 3.63) is 30.3 Å². The van der Waals surface area contributed by atoms with E-state index in [1.54, 1.807) is 6.92 Å². The predicted molar refractivity (Wildman–Crippen MR) is 71.8 cm³/mol. The quantitative estimate of drug-likeness (QED) is 0.844. The minimum absolute atomic E-state index is 0.370. The van der Waals surface area contributed by atoms with E-state index in [0.717, 1.165) is 5.69 Å². The van der Waals surface area contributed by atoms with Crippen LogP contribution in [0.3, 0.4) is 0 Å². The Bertz CT molecular complexity index is 384. The lowest BCUT2D eigenvalue weighted by Gasteiger charge is -2.29. The van der Waals surface area contributed by atoms with Gasteiger partial charge in [0.25, 0.3) is 0 Å². The standard InChI is InChI=1S/C14H21NO3/c1-10(18-14(2,3)4)12(13(16)17)15-11-8-6-5-7-9-11/h5-10,12,15H,1-4H3,(H,16,17)/t10?,12-/m0/s1. The largest absolute Gasteiger partial charge is 0.480 e. The molecule has 0 radical (unpaired) electrons. The molecular weight excluding hydrogens is 230 g/mol. The van der Waals surface area contributed by atoms with Crippen LogP contribution in [0.4, 0.5) is 5.69 Å². The first-order chi connectivity index (χ1) is 8.29. The van der Waals surface area contributed by atoms with Crippen LogP contribution in [0.2, 0.25) is 0 Å². The van der Waals surface area contributed by atoms with Crippen molar-refractivity contribution < 1.29 is 14.6 Å². The van der Waals surface area contributed by atoms with Gasteiger partial charge in [-0.05, 0) is 39.8 Å². The van der Waals surface area contributed by atoms with Gasteiger partial charge in [-0.15, -0.1) is 0 Å². The number of carbonyl (C=O) groups is 1. The van der Waals surface area contributed by atoms with Crippen molar-refractivity contribution in [2.24, 2.45) is 0 Å². The molecular formula is C14H21NO3. The van der Waals surface area contributed by atoms with Gasteiger partial charge in [0.1, 0.15) is 0 Å². The average Bonchev–Trinajstić information content (AvgIpc) is 2.24. The molecule has 100 valence electrons. The molecule has 4 heteroatoms. The fourth-order valence-electron chi connectivity index (χ4n) is 1.72. The molecule has 1 unspecified atom stereocenters. The number of hydrogen-bond acceptors (Lipinski definition) is 3. The molecule has 1 aromatic rings. The Morgan fingerprint density at radius 2 is 1.83 bits per heavy atom. The monoisotopic (exact) mass is 251 g/mol. The highest BCUT2D eigenvalue weighted by Crippen LogP contribution is 2.16. The van der Waals surface area contributed by atoms with E-state index in [4.69, 9.17) is 4.74 Å². The first-order valence-corrected chi connectivity index (χ1v) is 6.02. The minimum atomic E-state index is -0.921. The molecule has 0 aliphatic carbocycles. The Morgan fingerprint density at radius 3 is 2.28 bits per heavy atom. The second-order valence-electron chi connectivity index (χ2n) is 5.26. The molecule has 0 saturated heterocycles. The number of para-hydroxylation sites is 1. The van der Waals surface area contributed by atoms with Crippen molar-refractivity contribution in [3.63, 3.8) is 0 Å². The van der Waals surface area contributed by atoms with E-state index in [9.17, 15) is 9.90 Å². The number of rotatable bonds is 5. The topological polar surface area (TPSA) is 58.6 Å². The van der Waals surface area contributed by atoms with Crippen molar-refractivity contribution in [2.45, 2.75) is 45.4 Å². The van der Waals surface area contributed by atoms with Gasteiger partial charge in [-0.2, -0.15) is 0 Å². The van der Waals surface area contributed by atoms with E-state index in [1.807, 2.05) is 51.1 Å². The van der Waals surface area contributed by atoms with Crippen LogP contribution in [-0.2, 0) is 9.53 Å². The van der Waals surface area contributed by atoms with E-state index >= 15 is 0 Å². The molecule has 2 atom stereocenters. The Kier molecular flexibility index (Phi) is 4.73. The number of anilines is 1. The van der Waals surface area contributed by atoms with Gasteiger partial charge in [0.15, 0.2) is 6.04 Å². The third-order valence-corrected chi connectivity index (χ3v) is 2.37. The molecule has 18 heavy (non-hydrogen) atoms. The number of ether oxygens (including phenoxy) is 1. The third kappa shape index (κ3) is 4.75. The highest BCUT2D eigenvalue weighted by atomic mass is 16.5. The summed E-state index contributed by atoms with van der Waals surface area (Å²) in [5.41, 5.74) is 0.403. The summed E-state index contributed by atoms with van der Waals surface area (Å²) in [6.45, 7) is 7.49. The van der Waals surface area contributed by atoms with Crippen molar-refractivity contribution in [1.29, 1.82) is 0 Å². The maximum atomic E-state index is 11.3. The predicted octanol–water partition coefficient (Wildman–Crippen LogP) is 2.76. The Labute approximate surface area is 108 Å². The Hall–Kier alpha value is -1.55. The zero-order chi connectivity index (χ0) is 13.8. The van der Waals surface area contributed by atoms with Gasteiger partial charge in [0.05, 0.1) is 11.7 Å². The summed E-state index contributed by atoms with van der Waals surface area (Å²) in [5, 5.41) is 12.2. The lowest BCUT2D eigenvalue weighted by Crippen LogP contribution is -2.43. The highest BCUT2D eigenvalue weighted by molar-refractivity contribution is 5.78. The summed E-state index contributed by atoms with van der Waals surface area (Å²) >= 11 is 0. The maximum Gasteiger partial charge on any atom is 0.328 e. The molecule has 0 aliphatic heterocycles. The summed E-state index contributed by atoms with van der Waals surface area (Å²) in [6, 6.07) is 8.49. The number of hydrogen-bond donors (Lipinski definition) is 2. The van der Waals surface area contributed by atoms with Gasteiger partial charge in [0, 0.05) is 5.69 Å². The number of nitrogens with one attached hydrogen (secondary N) is 1. The van der Waals surface area contributed by atoms with Crippen LogP contribution < -0.4 is 5.32 Å². The fraction of sp³-hybridized carbons (Fsp3) is 0.500. The molecule has 0 bridgehead atoms. The second kappa shape index (κ2) is 5.87. The molecule has 1 rings (SSSR count). The van der Waals surface area contributed by atoms with Crippen molar-refractivity contribution in [3.8, 4) is 0 Å².